The highest BCUT2D eigenvalue weighted by molar-refractivity contribution is 5.76. The number of allylic oxidation sites excluding steroid dienone is 2. The van der Waals surface area contributed by atoms with Crippen molar-refractivity contribution < 1.29 is 19.7 Å². The third kappa shape index (κ3) is 3.95. The number of hydrogen-bond acceptors (Lipinski definition) is 5. The molecule has 2 N–H and O–H groups in total. The molecule has 5 nitrogen and oxygen atoms in total. The van der Waals surface area contributed by atoms with Crippen LogP contribution in [0.1, 0.15) is 57.6 Å². The topological polar surface area (TPSA) is 70.0 Å². The number of phenols is 1. The lowest BCUT2D eigenvalue weighted by atomic mass is 9.59. The van der Waals surface area contributed by atoms with Crippen LogP contribution in [-0.4, -0.2) is 47.3 Å². The van der Waals surface area contributed by atoms with Gasteiger partial charge in [0, 0.05) is 19.0 Å². The fraction of sp³-hybridized carbons (Fsp3) is 0.625. The summed E-state index contributed by atoms with van der Waals surface area (Å²) in [6.07, 6.45) is 4.90. The van der Waals surface area contributed by atoms with Crippen LogP contribution < -0.4 is 0 Å². The summed E-state index contributed by atoms with van der Waals surface area (Å²) in [5, 5.41) is 20.0. The van der Waals surface area contributed by atoms with Crippen LogP contribution in [-0.2, 0) is 9.53 Å². The number of likely N-dealkylation sites (N-methyl/N-ethyl adjacent to an activating group) is 1. The van der Waals surface area contributed by atoms with E-state index in [-0.39, 0.29) is 35.1 Å². The Morgan fingerprint density at radius 3 is 2.76 bits per heavy atom. The van der Waals surface area contributed by atoms with Crippen LogP contribution in [0, 0.1) is 17.3 Å². The molecule has 1 aromatic carbocycles. The minimum absolute atomic E-state index is 0.0302. The first-order valence-corrected chi connectivity index (χ1v) is 10.8. The van der Waals surface area contributed by atoms with Gasteiger partial charge >= 0.3 is 5.97 Å². The van der Waals surface area contributed by atoms with E-state index in [0.717, 1.165) is 18.4 Å². The van der Waals surface area contributed by atoms with Gasteiger partial charge in [0.15, 0.2) is 0 Å². The Morgan fingerprint density at radius 1 is 1.31 bits per heavy atom. The summed E-state index contributed by atoms with van der Waals surface area (Å²) in [4.78, 5) is 14.7. The third-order valence-electron chi connectivity index (χ3n) is 7.45. The molecular weight excluding hydrogens is 366 g/mol. The molecule has 2 aliphatic carbocycles. The molecule has 1 heterocycles. The second-order valence-electron chi connectivity index (χ2n) is 9.66. The molecule has 0 bridgehead atoms. The minimum atomic E-state index is -0.660. The summed E-state index contributed by atoms with van der Waals surface area (Å²) in [6, 6.07) is 6.62. The van der Waals surface area contributed by atoms with Crippen molar-refractivity contribution in [2.45, 2.75) is 58.2 Å². The zero-order valence-corrected chi connectivity index (χ0v) is 17.7. The van der Waals surface area contributed by atoms with Crippen LogP contribution in [0.15, 0.2) is 35.4 Å². The van der Waals surface area contributed by atoms with E-state index in [1.54, 1.807) is 29.8 Å². The third-order valence-corrected chi connectivity index (χ3v) is 7.45. The summed E-state index contributed by atoms with van der Waals surface area (Å²) in [6.45, 7) is 5.64. The number of benzene rings is 1. The fourth-order valence-corrected chi connectivity index (χ4v) is 5.83. The Labute approximate surface area is 173 Å². The average Bonchev–Trinajstić information content (AvgIpc) is 2.94. The number of esters is 1. The standard InChI is InChI=1S/C24H33NO4/c1-15-5-4-10-24(2)12-22-18(11-20(15)24)19(23(28)29-22)13-25(3)14-21(27)16-6-8-17(26)9-7-16/h6-9,18-19,21-22,26-27H,4-5,10-14H2,1-3H3/t18-,19?,21?,22-,24-/m1/s1. The molecule has 4 rings (SSSR count). The Bertz CT molecular complexity index is 802. The molecule has 3 aliphatic rings. The first kappa shape index (κ1) is 20.4. The highest BCUT2D eigenvalue weighted by Crippen LogP contribution is 2.55. The zero-order chi connectivity index (χ0) is 20.8. The van der Waals surface area contributed by atoms with Gasteiger partial charge in [-0.05, 0) is 69.2 Å². The van der Waals surface area contributed by atoms with Crippen molar-refractivity contribution in [1.29, 1.82) is 0 Å². The van der Waals surface area contributed by atoms with E-state index in [9.17, 15) is 15.0 Å². The van der Waals surface area contributed by atoms with Crippen LogP contribution in [0.25, 0.3) is 0 Å². The number of phenolic OH excluding ortho intramolecular Hbond substituents is 1. The van der Waals surface area contributed by atoms with Gasteiger partial charge in [-0.25, -0.2) is 0 Å². The Morgan fingerprint density at radius 2 is 2.03 bits per heavy atom. The number of aliphatic hydroxyl groups is 1. The Balaban J connectivity index is 1.43. The number of fused-ring (bicyclic) bond motifs is 2. The van der Waals surface area contributed by atoms with Crippen molar-refractivity contribution in [2.75, 3.05) is 20.1 Å². The quantitative estimate of drug-likeness (QED) is 0.582. The fourth-order valence-electron chi connectivity index (χ4n) is 5.83. The molecule has 5 heteroatoms. The molecule has 0 spiro atoms. The number of carbonyl (C=O) groups excluding carboxylic acids is 1. The predicted octanol–water partition coefficient (Wildman–Crippen LogP) is 3.82. The number of aliphatic hydroxyl groups excluding tert-OH is 1. The van der Waals surface area contributed by atoms with Gasteiger partial charge in [0.1, 0.15) is 11.9 Å². The number of carbonyl (C=O) groups is 1. The zero-order valence-electron chi connectivity index (χ0n) is 17.7. The van der Waals surface area contributed by atoms with E-state index in [0.29, 0.717) is 13.1 Å². The number of nitrogens with zero attached hydrogens (tertiary/aromatic N) is 1. The molecule has 1 saturated carbocycles. The molecule has 1 aromatic rings. The molecule has 2 unspecified atom stereocenters. The first-order chi connectivity index (χ1) is 13.8. The van der Waals surface area contributed by atoms with Gasteiger partial charge < -0.3 is 19.8 Å². The second-order valence-corrected chi connectivity index (χ2v) is 9.66. The first-order valence-electron chi connectivity index (χ1n) is 10.8. The van der Waals surface area contributed by atoms with Crippen molar-refractivity contribution >= 4 is 5.97 Å². The number of aromatic hydroxyl groups is 1. The summed E-state index contributed by atoms with van der Waals surface area (Å²) < 4.78 is 5.85. The van der Waals surface area contributed by atoms with E-state index < -0.39 is 6.10 Å². The van der Waals surface area contributed by atoms with Crippen LogP contribution in [0.5, 0.6) is 5.75 Å². The summed E-state index contributed by atoms with van der Waals surface area (Å²) in [7, 11) is 1.95. The molecule has 0 aromatic heterocycles. The van der Waals surface area contributed by atoms with Gasteiger partial charge in [-0.15, -0.1) is 0 Å². The number of ether oxygens (including phenoxy) is 1. The summed E-state index contributed by atoms with van der Waals surface area (Å²) >= 11 is 0. The van der Waals surface area contributed by atoms with Crippen LogP contribution in [0.4, 0.5) is 0 Å². The van der Waals surface area contributed by atoms with E-state index in [4.69, 9.17) is 4.74 Å². The SMILES string of the molecule is CC1=C2C[C@@H]3C(CN(C)CC(O)c4ccc(O)cc4)C(=O)O[C@@H]3C[C@@]2(C)CCC1. The molecule has 1 saturated heterocycles. The molecule has 5 atom stereocenters. The van der Waals surface area contributed by atoms with Crippen molar-refractivity contribution in [2.24, 2.45) is 17.3 Å². The molecule has 29 heavy (non-hydrogen) atoms. The molecule has 158 valence electrons. The van der Waals surface area contributed by atoms with Crippen molar-refractivity contribution in [3.05, 3.63) is 41.0 Å². The maximum Gasteiger partial charge on any atom is 0.310 e. The molecule has 2 fully saturated rings. The largest absolute Gasteiger partial charge is 0.508 e. The lowest BCUT2D eigenvalue weighted by Gasteiger charge is -2.46. The van der Waals surface area contributed by atoms with Crippen molar-refractivity contribution in [3.63, 3.8) is 0 Å². The van der Waals surface area contributed by atoms with Crippen LogP contribution >= 0.6 is 0 Å². The van der Waals surface area contributed by atoms with Gasteiger partial charge in [-0.3, -0.25) is 4.79 Å². The lowest BCUT2D eigenvalue weighted by Crippen LogP contribution is -2.41. The molecule has 0 radical (unpaired) electrons. The maximum atomic E-state index is 12.7. The highest BCUT2D eigenvalue weighted by atomic mass is 16.6. The van der Waals surface area contributed by atoms with Crippen LogP contribution in [0.2, 0.25) is 0 Å². The van der Waals surface area contributed by atoms with E-state index in [1.807, 2.05) is 11.9 Å². The Kier molecular flexibility index (Phi) is 5.47. The number of rotatable bonds is 5. The van der Waals surface area contributed by atoms with Crippen LogP contribution in [0.3, 0.4) is 0 Å². The normalized spacial score (nSPS) is 32.7. The Hall–Kier alpha value is -1.85. The predicted molar refractivity (Wildman–Crippen MR) is 111 cm³/mol. The van der Waals surface area contributed by atoms with Crippen molar-refractivity contribution in [3.8, 4) is 5.75 Å². The molecular formula is C24H33NO4. The molecule has 0 amide bonds. The average molecular weight is 400 g/mol. The smallest absolute Gasteiger partial charge is 0.310 e. The van der Waals surface area contributed by atoms with E-state index in [1.165, 1.54) is 24.8 Å². The molecule has 1 aliphatic heterocycles. The lowest BCUT2D eigenvalue weighted by molar-refractivity contribution is -0.145. The van der Waals surface area contributed by atoms with E-state index >= 15 is 0 Å². The second kappa shape index (κ2) is 7.77. The summed E-state index contributed by atoms with van der Waals surface area (Å²) in [5.74, 6) is 0.216. The van der Waals surface area contributed by atoms with E-state index in [2.05, 4.69) is 13.8 Å². The van der Waals surface area contributed by atoms with Crippen molar-refractivity contribution in [1.82, 2.24) is 4.90 Å². The van der Waals surface area contributed by atoms with Gasteiger partial charge in [-0.1, -0.05) is 30.2 Å². The maximum absolute atomic E-state index is 12.7. The summed E-state index contributed by atoms with van der Waals surface area (Å²) in [5.41, 5.74) is 4.05. The highest BCUT2D eigenvalue weighted by Gasteiger charge is 2.53. The van der Waals surface area contributed by atoms with Gasteiger partial charge in [0.2, 0.25) is 0 Å². The van der Waals surface area contributed by atoms with Gasteiger partial charge in [0.05, 0.1) is 12.0 Å². The van der Waals surface area contributed by atoms with Gasteiger partial charge in [0.25, 0.3) is 0 Å². The van der Waals surface area contributed by atoms with Gasteiger partial charge in [-0.2, -0.15) is 0 Å². The monoisotopic (exact) mass is 399 g/mol. The number of hydrogen-bond donors (Lipinski definition) is 2. The minimum Gasteiger partial charge on any atom is -0.508 e.